The fraction of sp³-hybridized carbons (Fsp3) is 0.480. The van der Waals surface area contributed by atoms with Gasteiger partial charge in [0.15, 0.2) is 0 Å². The number of carboxylic acid groups (broad SMARTS) is 1. The monoisotopic (exact) mass is 532 g/mol. The van der Waals surface area contributed by atoms with Gasteiger partial charge in [-0.25, -0.2) is 18.0 Å². The number of aromatic nitrogens is 2. The Labute approximate surface area is 214 Å². The number of benzene rings is 1. The van der Waals surface area contributed by atoms with E-state index in [-0.39, 0.29) is 33.9 Å². The summed E-state index contributed by atoms with van der Waals surface area (Å²) in [6, 6.07) is 3.47. The van der Waals surface area contributed by atoms with Crippen molar-refractivity contribution >= 4 is 43.9 Å². The van der Waals surface area contributed by atoms with Crippen molar-refractivity contribution < 1.29 is 27.9 Å². The van der Waals surface area contributed by atoms with Crippen molar-refractivity contribution in [1.82, 2.24) is 19.2 Å². The van der Waals surface area contributed by atoms with Gasteiger partial charge < -0.3 is 24.7 Å². The molecule has 1 aliphatic heterocycles. The molecule has 11 nitrogen and oxygen atoms in total. The Balaban J connectivity index is 1.74. The van der Waals surface area contributed by atoms with Crippen molar-refractivity contribution in [3.05, 3.63) is 40.3 Å². The minimum atomic E-state index is -4.05. The standard InChI is InChI=1S/C25H32N4O7S/c1-14(2)29(13-15-7-6-10-28(15)24(33)36-25(3,4)5)37(34,35)16-8-9-19-17(11-16)20-18(23(31)32)12-26-21(20)22(30)27-19/h8-9,11-12,14-15,26H,6-7,10,13H2,1-5H3,(H,27,30)(H,31,32)/t15-/m0/s1. The molecule has 0 saturated carbocycles. The third-order valence-electron chi connectivity index (χ3n) is 6.42. The van der Waals surface area contributed by atoms with E-state index in [1.165, 1.54) is 28.7 Å². The Kier molecular flexibility index (Phi) is 6.84. The first-order valence-corrected chi connectivity index (χ1v) is 13.6. The maximum Gasteiger partial charge on any atom is 0.410 e. The van der Waals surface area contributed by atoms with E-state index in [0.717, 1.165) is 6.42 Å². The molecule has 1 aliphatic rings. The van der Waals surface area contributed by atoms with Gasteiger partial charge in [0.2, 0.25) is 10.0 Å². The molecular formula is C25H32N4O7S. The Hall–Kier alpha value is -3.38. The quantitative estimate of drug-likeness (QED) is 0.439. The molecule has 3 aromatic rings. The van der Waals surface area contributed by atoms with Crippen LogP contribution < -0.4 is 5.56 Å². The minimum absolute atomic E-state index is 0.0404. The Morgan fingerprint density at radius 2 is 1.97 bits per heavy atom. The van der Waals surface area contributed by atoms with Gasteiger partial charge in [-0.2, -0.15) is 4.31 Å². The minimum Gasteiger partial charge on any atom is -0.478 e. The molecule has 0 aliphatic carbocycles. The number of carboxylic acids is 1. The van der Waals surface area contributed by atoms with Crippen molar-refractivity contribution in [1.29, 1.82) is 0 Å². The zero-order chi connectivity index (χ0) is 27.3. The lowest BCUT2D eigenvalue weighted by Gasteiger charge is -2.33. The van der Waals surface area contributed by atoms with Crippen LogP contribution in [0.1, 0.15) is 57.8 Å². The molecule has 0 radical (unpaired) electrons. The van der Waals surface area contributed by atoms with Gasteiger partial charge in [-0.3, -0.25) is 4.79 Å². The van der Waals surface area contributed by atoms with Crippen molar-refractivity contribution in [2.24, 2.45) is 0 Å². The maximum atomic E-state index is 13.9. The first-order valence-electron chi connectivity index (χ1n) is 12.1. The summed E-state index contributed by atoms with van der Waals surface area (Å²) in [7, 11) is -4.05. The van der Waals surface area contributed by atoms with Crippen LogP contribution in [0.2, 0.25) is 0 Å². The highest BCUT2D eigenvalue weighted by atomic mass is 32.2. The second kappa shape index (κ2) is 9.49. The van der Waals surface area contributed by atoms with Gasteiger partial charge >= 0.3 is 12.1 Å². The van der Waals surface area contributed by atoms with Gasteiger partial charge in [0.1, 0.15) is 11.1 Å². The number of fused-ring (bicyclic) bond motifs is 3. The summed E-state index contributed by atoms with van der Waals surface area (Å²) in [5, 5.41) is 10.1. The topological polar surface area (TPSA) is 153 Å². The largest absolute Gasteiger partial charge is 0.478 e. The summed E-state index contributed by atoms with van der Waals surface area (Å²) in [4.78, 5) is 43.8. The van der Waals surface area contributed by atoms with Crippen molar-refractivity contribution in [3.8, 4) is 0 Å². The summed E-state index contributed by atoms with van der Waals surface area (Å²) in [6.07, 6.45) is 2.13. The summed E-state index contributed by atoms with van der Waals surface area (Å²) in [5.41, 5.74) is -0.919. The molecule has 1 aromatic carbocycles. The van der Waals surface area contributed by atoms with Crippen LogP contribution in [0, 0.1) is 0 Å². The van der Waals surface area contributed by atoms with E-state index in [4.69, 9.17) is 4.74 Å². The second-order valence-electron chi connectivity index (χ2n) is 10.6. The first-order chi connectivity index (χ1) is 17.2. The fourth-order valence-electron chi connectivity index (χ4n) is 4.75. The molecule has 4 rings (SSSR count). The molecule has 1 saturated heterocycles. The number of pyridine rings is 1. The van der Waals surface area contributed by atoms with E-state index in [9.17, 15) is 27.9 Å². The van der Waals surface area contributed by atoms with Crippen LogP contribution in [0.3, 0.4) is 0 Å². The predicted molar refractivity (Wildman–Crippen MR) is 138 cm³/mol. The van der Waals surface area contributed by atoms with E-state index < -0.39 is 39.3 Å². The van der Waals surface area contributed by atoms with Crippen LogP contribution in [0.5, 0.6) is 0 Å². The molecule has 2 aromatic heterocycles. The smallest absolute Gasteiger partial charge is 0.410 e. The lowest BCUT2D eigenvalue weighted by atomic mass is 10.1. The van der Waals surface area contributed by atoms with E-state index in [2.05, 4.69) is 9.97 Å². The van der Waals surface area contributed by atoms with Crippen molar-refractivity contribution in [2.75, 3.05) is 13.1 Å². The van der Waals surface area contributed by atoms with Gasteiger partial charge in [-0.1, -0.05) is 0 Å². The lowest BCUT2D eigenvalue weighted by molar-refractivity contribution is 0.0209. The molecule has 12 heteroatoms. The molecule has 0 spiro atoms. The van der Waals surface area contributed by atoms with Crippen LogP contribution in [-0.2, 0) is 14.8 Å². The molecular weight excluding hydrogens is 500 g/mol. The van der Waals surface area contributed by atoms with Gasteiger partial charge in [0.25, 0.3) is 5.56 Å². The molecule has 0 unspecified atom stereocenters. The van der Waals surface area contributed by atoms with Gasteiger partial charge in [0, 0.05) is 47.7 Å². The number of aromatic carboxylic acids is 1. The van der Waals surface area contributed by atoms with Gasteiger partial charge in [0.05, 0.1) is 10.5 Å². The van der Waals surface area contributed by atoms with Crippen molar-refractivity contribution in [2.45, 2.75) is 70.0 Å². The molecule has 1 fully saturated rings. The average Bonchev–Trinajstić information content (AvgIpc) is 3.43. The first kappa shape index (κ1) is 26.7. The number of rotatable bonds is 6. The molecule has 200 valence electrons. The highest BCUT2D eigenvalue weighted by Crippen LogP contribution is 2.30. The van der Waals surface area contributed by atoms with Gasteiger partial charge in [-0.15, -0.1) is 0 Å². The highest BCUT2D eigenvalue weighted by molar-refractivity contribution is 7.89. The number of H-pyrrole nitrogens is 2. The average molecular weight is 533 g/mol. The molecule has 1 atom stereocenters. The summed E-state index contributed by atoms with van der Waals surface area (Å²) >= 11 is 0. The third-order valence-corrected chi connectivity index (χ3v) is 8.46. The number of hydrogen-bond acceptors (Lipinski definition) is 6. The number of carbonyl (C=O) groups excluding carboxylic acids is 1. The zero-order valence-corrected chi connectivity index (χ0v) is 22.3. The number of aromatic amines is 2. The molecule has 3 N–H and O–H groups in total. The second-order valence-corrected chi connectivity index (χ2v) is 12.4. The Morgan fingerprint density at radius 1 is 1.27 bits per heavy atom. The molecule has 3 heterocycles. The Morgan fingerprint density at radius 3 is 2.59 bits per heavy atom. The maximum absolute atomic E-state index is 13.9. The van der Waals surface area contributed by atoms with Crippen LogP contribution in [0.4, 0.5) is 4.79 Å². The molecule has 0 bridgehead atoms. The Bertz CT molecular complexity index is 1530. The van der Waals surface area contributed by atoms with Crippen LogP contribution in [0.15, 0.2) is 34.1 Å². The normalized spacial score (nSPS) is 16.8. The molecule has 1 amide bonds. The number of nitrogens with zero attached hydrogens (tertiary/aromatic N) is 2. The summed E-state index contributed by atoms with van der Waals surface area (Å²) < 4.78 is 34.6. The van der Waals surface area contributed by atoms with Crippen molar-refractivity contribution in [3.63, 3.8) is 0 Å². The van der Waals surface area contributed by atoms with E-state index in [1.807, 2.05) is 0 Å². The van der Waals surface area contributed by atoms with Crippen LogP contribution in [0.25, 0.3) is 21.8 Å². The predicted octanol–water partition coefficient (Wildman–Crippen LogP) is 3.51. The SMILES string of the molecule is CC(C)N(C[C@@H]1CCCN1C(=O)OC(C)(C)C)S(=O)(=O)c1ccc2[nH]c(=O)c3[nH]cc(C(=O)O)c3c2c1. The summed E-state index contributed by atoms with van der Waals surface area (Å²) in [5.74, 6) is -1.24. The van der Waals surface area contributed by atoms with E-state index in [1.54, 1.807) is 39.5 Å². The number of hydrogen-bond donors (Lipinski definition) is 3. The van der Waals surface area contributed by atoms with Crippen LogP contribution in [-0.4, -0.2) is 75.5 Å². The highest BCUT2D eigenvalue weighted by Gasteiger charge is 2.37. The fourth-order valence-corrected chi connectivity index (χ4v) is 6.45. The number of carbonyl (C=O) groups is 2. The van der Waals surface area contributed by atoms with Gasteiger partial charge in [-0.05, 0) is 65.7 Å². The molecule has 37 heavy (non-hydrogen) atoms. The van der Waals surface area contributed by atoms with E-state index in [0.29, 0.717) is 23.9 Å². The lowest BCUT2D eigenvalue weighted by Crippen LogP contribution is -2.48. The summed E-state index contributed by atoms with van der Waals surface area (Å²) in [6.45, 7) is 9.44. The van der Waals surface area contributed by atoms with Crippen LogP contribution >= 0.6 is 0 Å². The third kappa shape index (κ3) is 5.08. The number of amides is 1. The zero-order valence-electron chi connectivity index (χ0n) is 21.5. The number of likely N-dealkylation sites (tertiary alicyclic amines) is 1. The van der Waals surface area contributed by atoms with E-state index >= 15 is 0 Å². The number of nitrogens with one attached hydrogen (secondary N) is 2. The number of sulfonamides is 1. The number of ether oxygens (including phenoxy) is 1.